The van der Waals surface area contributed by atoms with E-state index in [2.05, 4.69) is 15.4 Å². The van der Waals surface area contributed by atoms with Crippen LogP contribution in [0.4, 0.5) is 4.79 Å². The second kappa shape index (κ2) is 5.46. The van der Waals surface area contributed by atoms with Crippen molar-refractivity contribution in [3.8, 4) is 0 Å². The summed E-state index contributed by atoms with van der Waals surface area (Å²) in [5, 5.41) is 16.3. The van der Waals surface area contributed by atoms with Gasteiger partial charge in [-0.05, 0) is 18.9 Å². The molecule has 106 valence electrons. The second-order valence-corrected chi connectivity index (χ2v) is 4.87. The minimum Gasteiger partial charge on any atom is -0.394 e. The van der Waals surface area contributed by atoms with Crippen LogP contribution in [0.5, 0.6) is 0 Å². The molecule has 1 aliphatic rings. The maximum absolute atomic E-state index is 12.1. The number of rotatable bonds is 3. The molecule has 0 radical (unpaired) electrons. The number of hydrogen-bond donors (Lipinski definition) is 2. The molecule has 0 saturated carbocycles. The van der Waals surface area contributed by atoms with Gasteiger partial charge in [-0.15, -0.1) is 0 Å². The van der Waals surface area contributed by atoms with Crippen LogP contribution in [0.1, 0.15) is 18.5 Å². The number of nitrogens with zero attached hydrogens (tertiary/aromatic N) is 4. The standard InChI is InChI=1S/C13H17N5O2/c19-9-11-2-1-7-17(11)13(20)15-8-10-3-5-14-12-4-6-16-18(10)12/h3-6,11,19H,1-2,7-9H2,(H,15,20). The monoisotopic (exact) mass is 275 g/mol. The van der Waals surface area contributed by atoms with E-state index in [1.54, 1.807) is 21.8 Å². The van der Waals surface area contributed by atoms with Gasteiger partial charge in [0.2, 0.25) is 0 Å². The van der Waals surface area contributed by atoms with Gasteiger partial charge in [0, 0.05) is 18.8 Å². The first-order valence-electron chi connectivity index (χ1n) is 6.72. The van der Waals surface area contributed by atoms with Crippen LogP contribution in [0, 0.1) is 0 Å². The van der Waals surface area contributed by atoms with Crippen molar-refractivity contribution in [3.63, 3.8) is 0 Å². The van der Waals surface area contributed by atoms with Gasteiger partial charge >= 0.3 is 6.03 Å². The van der Waals surface area contributed by atoms with Crippen LogP contribution < -0.4 is 5.32 Å². The van der Waals surface area contributed by atoms with Gasteiger partial charge in [-0.25, -0.2) is 14.3 Å². The fourth-order valence-electron chi connectivity index (χ4n) is 2.58. The number of likely N-dealkylation sites (tertiary alicyclic amines) is 1. The first kappa shape index (κ1) is 12.9. The van der Waals surface area contributed by atoms with Crippen molar-refractivity contribution in [2.45, 2.75) is 25.4 Å². The molecule has 3 rings (SSSR count). The molecule has 7 nitrogen and oxygen atoms in total. The van der Waals surface area contributed by atoms with E-state index in [0.717, 1.165) is 24.2 Å². The molecule has 2 aromatic rings. The summed E-state index contributed by atoms with van der Waals surface area (Å²) in [6, 6.07) is 3.44. The number of aromatic nitrogens is 3. The Kier molecular flexibility index (Phi) is 3.51. The fraction of sp³-hybridized carbons (Fsp3) is 0.462. The molecule has 20 heavy (non-hydrogen) atoms. The molecule has 2 aromatic heterocycles. The molecule has 1 unspecified atom stereocenters. The summed E-state index contributed by atoms with van der Waals surface area (Å²) in [6.07, 6.45) is 5.18. The third-order valence-corrected chi connectivity index (χ3v) is 3.64. The molecule has 0 bridgehead atoms. The minimum absolute atomic E-state index is 0.0199. The van der Waals surface area contributed by atoms with E-state index in [1.165, 1.54) is 0 Å². The second-order valence-electron chi connectivity index (χ2n) is 4.87. The SMILES string of the molecule is O=C(NCc1ccnc2ccnn12)N1CCCC1CO. The summed E-state index contributed by atoms with van der Waals surface area (Å²) in [5.74, 6) is 0. The third kappa shape index (κ3) is 2.32. The Morgan fingerprint density at radius 2 is 2.35 bits per heavy atom. The van der Waals surface area contributed by atoms with Crippen LogP contribution in [0.15, 0.2) is 24.5 Å². The van der Waals surface area contributed by atoms with Crippen LogP contribution in [-0.4, -0.2) is 49.8 Å². The summed E-state index contributed by atoms with van der Waals surface area (Å²) in [7, 11) is 0. The lowest BCUT2D eigenvalue weighted by Gasteiger charge is -2.23. The Bertz CT molecular complexity index is 612. The first-order valence-corrected chi connectivity index (χ1v) is 6.72. The molecule has 7 heteroatoms. The molecular formula is C13H17N5O2. The summed E-state index contributed by atoms with van der Waals surface area (Å²) < 4.78 is 1.70. The highest BCUT2D eigenvalue weighted by Gasteiger charge is 2.27. The Morgan fingerprint density at radius 1 is 1.45 bits per heavy atom. The number of aliphatic hydroxyl groups excluding tert-OH is 1. The highest BCUT2D eigenvalue weighted by Crippen LogP contribution is 2.16. The lowest BCUT2D eigenvalue weighted by molar-refractivity contribution is 0.157. The van der Waals surface area contributed by atoms with Gasteiger partial charge < -0.3 is 15.3 Å². The van der Waals surface area contributed by atoms with Crippen molar-refractivity contribution in [3.05, 3.63) is 30.2 Å². The number of carbonyl (C=O) groups is 1. The van der Waals surface area contributed by atoms with Gasteiger partial charge in [0.25, 0.3) is 0 Å². The number of hydrogen-bond acceptors (Lipinski definition) is 4. The van der Waals surface area contributed by atoms with Crippen molar-refractivity contribution < 1.29 is 9.90 Å². The smallest absolute Gasteiger partial charge is 0.318 e. The summed E-state index contributed by atoms with van der Waals surface area (Å²) >= 11 is 0. The van der Waals surface area contributed by atoms with Gasteiger partial charge in [-0.3, -0.25) is 0 Å². The summed E-state index contributed by atoms with van der Waals surface area (Å²) in [6.45, 7) is 1.10. The Morgan fingerprint density at radius 3 is 3.20 bits per heavy atom. The third-order valence-electron chi connectivity index (χ3n) is 3.64. The van der Waals surface area contributed by atoms with Gasteiger partial charge in [-0.1, -0.05) is 0 Å². The molecule has 1 aliphatic heterocycles. The van der Waals surface area contributed by atoms with Crippen LogP contribution in [0.2, 0.25) is 0 Å². The molecule has 1 fully saturated rings. The van der Waals surface area contributed by atoms with Gasteiger partial charge in [0.05, 0.1) is 31.1 Å². The van der Waals surface area contributed by atoms with Crippen molar-refractivity contribution in [2.24, 2.45) is 0 Å². The van der Waals surface area contributed by atoms with Crippen LogP contribution in [-0.2, 0) is 6.54 Å². The van der Waals surface area contributed by atoms with Crippen LogP contribution in [0.25, 0.3) is 5.65 Å². The normalized spacial score (nSPS) is 18.6. The summed E-state index contributed by atoms with van der Waals surface area (Å²) in [4.78, 5) is 18.0. The zero-order valence-corrected chi connectivity index (χ0v) is 11.1. The zero-order chi connectivity index (χ0) is 13.9. The highest BCUT2D eigenvalue weighted by molar-refractivity contribution is 5.74. The zero-order valence-electron chi connectivity index (χ0n) is 11.1. The van der Waals surface area contributed by atoms with Crippen LogP contribution >= 0.6 is 0 Å². The molecule has 1 saturated heterocycles. The molecule has 0 aromatic carbocycles. The maximum Gasteiger partial charge on any atom is 0.318 e. The average molecular weight is 275 g/mol. The lowest BCUT2D eigenvalue weighted by atomic mass is 10.2. The lowest BCUT2D eigenvalue weighted by Crippen LogP contribution is -2.44. The van der Waals surface area contributed by atoms with Crippen molar-refractivity contribution in [2.75, 3.05) is 13.2 Å². The quantitative estimate of drug-likeness (QED) is 0.849. The average Bonchev–Trinajstić information content (AvgIpc) is 3.12. The molecule has 1 atom stereocenters. The molecular weight excluding hydrogens is 258 g/mol. The minimum atomic E-state index is -0.140. The van der Waals surface area contributed by atoms with E-state index in [1.807, 2.05) is 12.1 Å². The fourth-order valence-corrected chi connectivity index (χ4v) is 2.58. The van der Waals surface area contributed by atoms with Crippen molar-refractivity contribution in [1.29, 1.82) is 0 Å². The molecule has 0 aliphatic carbocycles. The highest BCUT2D eigenvalue weighted by atomic mass is 16.3. The van der Waals surface area contributed by atoms with Gasteiger partial charge in [0.1, 0.15) is 0 Å². The predicted octanol–water partition coefficient (Wildman–Crippen LogP) is 0.396. The van der Waals surface area contributed by atoms with E-state index in [4.69, 9.17) is 0 Å². The molecule has 0 spiro atoms. The Labute approximate surface area is 116 Å². The van der Waals surface area contributed by atoms with Crippen molar-refractivity contribution in [1.82, 2.24) is 24.8 Å². The first-order chi connectivity index (χ1) is 9.79. The van der Waals surface area contributed by atoms with E-state index in [9.17, 15) is 9.90 Å². The van der Waals surface area contributed by atoms with Gasteiger partial charge in [0.15, 0.2) is 5.65 Å². The predicted molar refractivity (Wildman–Crippen MR) is 72.0 cm³/mol. The topological polar surface area (TPSA) is 82.8 Å². The number of amides is 2. The van der Waals surface area contributed by atoms with E-state index < -0.39 is 0 Å². The number of carbonyl (C=O) groups excluding carboxylic acids is 1. The number of nitrogens with one attached hydrogen (secondary N) is 1. The Balaban J connectivity index is 1.67. The molecule has 2 N–H and O–H groups in total. The Hall–Kier alpha value is -2.15. The van der Waals surface area contributed by atoms with Crippen LogP contribution in [0.3, 0.4) is 0 Å². The number of urea groups is 1. The molecule has 2 amide bonds. The number of fused-ring (bicyclic) bond motifs is 1. The molecule has 3 heterocycles. The largest absolute Gasteiger partial charge is 0.394 e. The number of aliphatic hydroxyl groups is 1. The van der Waals surface area contributed by atoms with Gasteiger partial charge in [-0.2, -0.15) is 5.10 Å². The van der Waals surface area contributed by atoms with E-state index >= 15 is 0 Å². The summed E-state index contributed by atoms with van der Waals surface area (Å²) in [5.41, 5.74) is 1.62. The maximum atomic E-state index is 12.1. The van der Waals surface area contributed by atoms with Crippen molar-refractivity contribution >= 4 is 11.7 Å². The van der Waals surface area contributed by atoms with E-state index in [0.29, 0.717) is 13.1 Å². The van der Waals surface area contributed by atoms with E-state index in [-0.39, 0.29) is 18.7 Å².